The molecule has 0 spiro atoms. The van der Waals surface area contributed by atoms with Crippen molar-refractivity contribution >= 4 is 60.3 Å². The molecule has 0 unspecified atom stereocenters. The number of nitrogens with one attached hydrogen (secondary N) is 2. The number of fused-ring (bicyclic) bond motifs is 1. The smallest absolute Gasteiger partial charge is 0.276 e. The first-order valence-electron chi connectivity index (χ1n) is 9.18. The van der Waals surface area contributed by atoms with E-state index in [0.29, 0.717) is 45.6 Å². The first-order valence-corrected chi connectivity index (χ1v) is 13.3. The zero-order chi connectivity index (χ0) is 27.1. The number of rotatable bonds is 3. The number of carbonyl (C=O) groups is 1. The topological polar surface area (TPSA) is 230 Å². The van der Waals surface area contributed by atoms with Gasteiger partial charge in [0.05, 0.1) is 23.1 Å². The van der Waals surface area contributed by atoms with E-state index in [4.69, 9.17) is 42.3 Å². The average Bonchev–Trinajstić information content (AvgIpc) is 3.13. The Morgan fingerprint density at radius 1 is 1.09 bits per heavy atom. The van der Waals surface area contributed by atoms with Crippen LogP contribution in [0.2, 0.25) is 5.02 Å². The number of carbonyl (C=O) groups excluding carboxylic acids is 1. The number of anilines is 1. The number of halogens is 1. The summed E-state index contributed by atoms with van der Waals surface area (Å²) < 4.78 is 57.6. The van der Waals surface area contributed by atoms with Gasteiger partial charge in [0.2, 0.25) is 0 Å². The monoisotopic (exact) mass is 549 g/mol. The highest BCUT2D eigenvalue weighted by Crippen LogP contribution is 2.35. The summed E-state index contributed by atoms with van der Waals surface area (Å²) in [4.78, 5) is 16.4. The van der Waals surface area contributed by atoms with Crippen LogP contribution < -0.4 is 16.2 Å². The van der Waals surface area contributed by atoms with Gasteiger partial charge in [0.25, 0.3) is 26.1 Å². The molecule has 1 amide bonds. The van der Waals surface area contributed by atoms with Crippen LogP contribution in [0.25, 0.3) is 10.9 Å². The molecule has 1 aromatic heterocycles. The standard InChI is InChI=1S/C17H16ClN5O2.2CH4O3S/c1-23(17(20)21)16(24)13-8-11-12(18)5-6-14(15(11)22-13)25-10-4-2-3-9(19)7-10;2*1-5(2,3)4/h2-8,22H,19H2,1H3,(H3,20,21);2*1H3,(H,2,3,4). The minimum atomic E-state index is -3.67. The van der Waals surface area contributed by atoms with Gasteiger partial charge in [-0.05, 0) is 30.3 Å². The third-order valence-electron chi connectivity index (χ3n) is 3.68. The van der Waals surface area contributed by atoms with Crippen LogP contribution in [0.15, 0.2) is 42.5 Å². The normalized spacial score (nSPS) is 10.9. The number of ether oxygens (including phenoxy) is 1. The molecule has 3 aromatic rings. The number of guanidine groups is 1. The molecule has 0 bridgehead atoms. The van der Waals surface area contributed by atoms with Crippen LogP contribution in [-0.2, 0) is 20.2 Å². The highest BCUT2D eigenvalue weighted by molar-refractivity contribution is 7.85. The van der Waals surface area contributed by atoms with Gasteiger partial charge in [0.1, 0.15) is 11.4 Å². The zero-order valence-electron chi connectivity index (χ0n) is 18.7. The Morgan fingerprint density at radius 3 is 2.11 bits per heavy atom. The van der Waals surface area contributed by atoms with Gasteiger partial charge >= 0.3 is 0 Å². The van der Waals surface area contributed by atoms with Crippen LogP contribution >= 0.6 is 11.6 Å². The minimum absolute atomic E-state index is 0.248. The first-order chi connectivity index (χ1) is 15.9. The summed E-state index contributed by atoms with van der Waals surface area (Å²) >= 11 is 6.23. The fourth-order valence-corrected chi connectivity index (χ4v) is 2.57. The van der Waals surface area contributed by atoms with E-state index in [-0.39, 0.29) is 11.7 Å². The predicted octanol–water partition coefficient (Wildman–Crippen LogP) is 2.17. The number of aromatic amines is 1. The van der Waals surface area contributed by atoms with Gasteiger partial charge in [0.15, 0.2) is 11.7 Å². The second-order valence-corrected chi connectivity index (χ2v) is 10.2. The third-order valence-corrected chi connectivity index (χ3v) is 4.01. The molecule has 8 N–H and O–H groups in total. The van der Waals surface area contributed by atoms with E-state index in [1.54, 1.807) is 42.5 Å². The number of hydrogen-bond acceptors (Lipinski definition) is 8. The maximum Gasteiger partial charge on any atom is 0.276 e. The summed E-state index contributed by atoms with van der Waals surface area (Å²) in [7, 11) is -5.91. The van der Waals surface area contributed by atoms with Gasteiger partial charge in [-0.2, -0.15) is 16.8 Å². The summed E-state index contributed by atoms with van der Waals surface area (Å²) in [6.45, 7) is 0. The van der Waals surface area contributed by atoms with Crippen LogP contribution in [0.3, 0.4) is 0 Å². The summed E-state index contributed by atoms with van der Waals surface area (Å²) in [6.07, 6.45) is 1.43. The number of H-pyrrole nitrogens is 1. The number of hydrogen-bond donors (Lipinski definition) is 6. The van der Waals surface area contributed by atoms with Crippen molar-refractivity contribution in [3.8, 4) is 11.5 Å². The SMILES string of the molecule is CN(C(=N)N)C(=O)c1cc2c(Cl)ccc(Oc3cccc(N)c3)c2[nH]1.CS(=O)(=O)O.CS(=O)(=O)O. The van der Waals surface area contributed by atoms with Gasteiger partial charge in [-0.3, -0.25) is 24.2 Å². The van der Waals surface area contributed by atoms with E-state index in [1.165, 1.54) is 7.05 Å². The average molecular weight is 550 g/mol. The summed E-state index contributed by atoms with van der Waals surface area (Å²) in [6, 6.07) is 12.0. The molecule has 0 atom stereocenters. The number of benzene rings is 2. The Hall–Kier alpha value is -3.37. The number of nitrogens with two attached hydrogens (primary N) is 2. The molecule has 3 rings (SSSR count). The molecular weight excluding hydrogens is 526 g/mol. The largest absolute Gasteiger partial charge is 0.455 e. The van der Waals surface area contributed by atoms with Gasteiger partial charge in [0, 0.05) is 24.2 Å². The maximum absolute atomic E-state index is 12.4. The quantitative estimate of drug-likeness (QED) is 0.120. The highest BCUT2D eigenvalue weighted by atomic mass is 35.5. The molecule has 0 aliphatic rings. The van der Waals surface area contributed by atoms with E-state index in [9.17, 15) is 21.6 Å². The Kier molecular flexibility index (Phi) is 10.0. The van der Waals surface area contributed by atoms with Crippen molar-refractivity contribution in [1.82, 2.24) is 9.88 Å². The number of nitrogens with zero attached hydrogens (tertiary/aromatic N) is 1. The Balaban J connectivity index is 0.000000519. The minimum Gasteiger partial charge on any atom is -0.455 e. The van der Waals surface area contributed by atoms with Crippen LogP contribution in [0.1, 0.15) is 10.5 Å². The fourth-order valence-electron chi connectivity index (χ4n) is 2.35. The summed E-state index contributed by atoms with van der Waals surface area (Å²) in [5.74, 6) is 0.252. The Labute approximate surface area is 206 Å². The van der Waals surface area contributed by atoms with Gasteiger partial charge in [-0.25, -0.2) is 0 Å². The molecule has 192 valence electrons. The van der Waals surface area contributed by atoms with Gasteiger partial charge in [-0.1, -0.05) is 17.7 Å². The van der Waals surface area contributed by atoms with Crippen molar-refractivity contribution < 1.29 is 35.5 Å². The van der Waals surface area contributed by atoms with Gasteiger partial charge in [-0.15, -0.1) is 0 Å². The van der Waals surface area contributed by atoms with Crippen molar-refractivity contribution in [2.24, 2.45) is 5.73 Å². The van der Waals surface area contributed by atoms with Crippen molar-refractivity contribution in [3.05, 3.63) is 53.2 Å². The molecular formula is C19H24ClN5O8S2. The lowest BCUT2D eigenvalue weighted by Crippen LogP contribution is -2.38. The van der Waals surface area contributed by atoms with Crippen molar-refractivity contribution in [3.63, 3.8) is 0 Å². The molecule has 0 aliphatic heterocycles. The Bertz CT molecular complexity index is 1390. The van der Waals surface area contributed by atoms with Crippen LogP contribution in [0, 0.1) is 5.41 Å². The van der Waals surface area contributed by atoms with Crippen molar-refractivity contribution in [2.75, 3.05) is 25.3 Å². The second kappa shape index (κ2) is 11.9. The number of amides is 1. The Morgan fingerprint density at radius 2 is 1.63 bits per heavy atom. The van der Waals surface area contributed by atoms with Crippen molar-refractivity contribution in [1.29, 1.82) is 5.41 Å². The molecule has 0 aliphatic carbocycles. The first kappa shape index (κ1) is 29.7. The van der Waals surface area contributed by atoms with E-state index < -0.39 is 26.1 Å². The molecule has 0 saturated heterocycles. The van der Waals surface area contributed by atoms with Crippen LogP contribution in [0.5, 0.6) is 11.5 Å². The number of aromatic nitrogens is 1. The molecule has 13 nitrogen and oxygen atoms in total. The molecule has 16 heteroatoms. The summed E-state index contributed by atoms with van der Waals surface area (Å²) in [5, 5.41) is 8.47. The second-order valence-electron chi connectivity index (χ2n) is 6.91. The van der Waals surface area contributed by atoms with Gasteiger partial charge < -0.3 is 21.2 Å². The third kappa shape index (κ3) is 11.1. The van der Waals surface area contributed by atoms with E-state index in [0.717, 1.165) is 4.90 Å². The van der Waals surface area contributed by atoms with Crippen LogP contribution in [-0.4, -0.2) is 67.3 Å². The molecule has 0 saturated carbocycles. The molecule has 35 heavy (non-hydrogen) atoms. The van der Waals surface area contributed by atoms with E-state index in [2.05, 4.69) is 4.98 Å². The highest BCUT2D eigenvalue weighted by Gasteiger charge is 2.19. The lowest BCUT2D eigenvalue weighted by molar-refractivity contribution is 0.0864. The molecule has 0 fully saturated rings. The predicted molar refractivity (Wildman–Crippen MR) is 133 cm³/mol. The van der Waals surface area contributed by atoms with Crippen LogP contribution in [0.4, 0.5) is 5.69 Å². The molecule has 1 heterocycles. The fraction of sp³-hybridized carbons (Fsp3) is 0.158. The summed E-state index contributed by atoms with van der Waals surface area (Å²) in [5.41, 5.74) is 12.5. The lowest BCUT2D eigenvalue weighted by atomic mass is 10.2. The maximum atomic E-state index is 12.4. The van der Waals surface area contributed by atoms with E-state index in [1.807, 2.05) is 0 Å². The van der Waals surface area contributed by atoms with Crippen molar-refractivity contribution in [2.45, 2.75) is 0 Å². The zero-order valence-corrected chi connectivity index (χ0v) is 21.1. The van der Waals surface area contributed by atoms with E-state index >= 15 is 0 Å². The lowest BCUT2D eigenvalue weighted by Gasteiger charge is -2.12. The number of nitrogen functional groups attached to an aromatic ring is 1. The molecule has 0 radical (unpaired) electrons. The molecule has 2 aromatic carbocycles.